The smallest absolute Gasteiger partial charge is 0.263 e. The van der Waals surface area contributed by atoms with Crippen molar-refractivity contribution >= 4 is 44.6 Å². The Morgan fingerprint density at radius 2 is 2.33 bits per heavy atom. The fourth-order valence-electron chi connectivity index (χ4n) is 2.02. The van der Waals surface area contributed by atoms with Gasteiger partial charge in [-0.05, 0) is 19.1 Å². The number of amides is 1. The number of nitrogens with zero attached hydrogens (tertiary/aromatic N) is 1. The topological polar surface area (TPSA) is 81.2 Å². The number of nitrogens with one attached hydrogen (secondary N) is 1. The van der Waals surface area contributed by atoms with Crippen molar-refractivity contribution in [1.29, 1.82) is 0 Å². The molecule has 1 amide bonds. The molecule has 2 heterocycles. The predicted molar refractivity (Wildman–Crippen MR) is 83.7 cm³/mol. The molecular weight excluding hydrogens is 310 g/mol. The number of nitrogen functional groups attached to an aromatic ring is 1. The van der Waals surface area contributed by atoms with E-state index in [-0.39, 0.29) is 12.5 Å². The maximum Gasteiger partial charge on any atom is 0.263 e. The van der Waals surface area contributed by atoms with Gasteiger partial charge >= 0.3 is 0 Å². The maximum atomic E-state index is 12.2. The van der Waals surface area contributed by atoms with E-state index in [0.29, 0.717) is 27.2 Å². The largest absolute Gasteiger partial charge is 0.444 e. The van der Waals surface area contributed by atoms with Crippen LogP contribution < -0.4 is 11.1 Å². The van der Waals surface area contributed by atoms with Crippen LogP contribution in [0.1, 0.15) is 21.3 Å². The van der Waals surface area contributed by atoms with Gasteiger partial charge in [0.2, 0.25) is 5.89 Å². The number of carbonyl (C=O) groups excluding carboxylic acids is 1. The summed E-state index contributed by atoms with van der Waals surface area (Å²) in [4.78, 5) is 16.7. The second kappa shape index (κ2) is 5.38. The molecule has 0 aliphatic carbocycles. The van der Waals surface area contributed by atoms with E-state index in [9.17, 15) is 4.79 Å². The molecule has 3 rings (SSSR count). The van der Waals surface area contributed by atoms with E-state index in [1.165, 1.54) is 11.3 Å². The fraction of sp³-hybridized carbons (Fsp3) is 0.143. The Morgan fingerprint density at radius 3 is 3.00 bits per heavy atom. The van der Waals surface area contributed by atoms with E-state index < -0.39 is 0 Å². The first-order chi connectivity index (χ1) is 10.1. The first-order valence-corrected chi connectivity index (χ1v) is 7.41. The summed E-state index contributed by atoms with van der Waals surface area (Å²) in [6, 6.07) is 5.47. The number of rotatable bonds is 3. The van der Waals surface area contributed by atoms with Crippen molar-refractivity contribution < 1.29 is 9.21 Å². The van der Waals surface area contributed by atoms with Crippen LogP contribution >= 0.6 is 22.9 Å². The fourth-order valence-corrected chi connectivity index (χ4v) is 3.41. The number of hydrogen-bond acceptors (Lipinski definition) is 5. The second-order valence-corrected chi connectivity index (χ2v) is 5.96. The summed E-state index contributed by atoms with van der Waals surface area (Å²) < 4.78 is 6.19. The lowest BCUT2D eigenvalue weighted by Crippen LogP contribution is -2.22. The molecule has 0 aliphatic rings. The lowest BCUT2D eigenvalue weighted by molar-refractivity contribution is 0.0952. The SMILES string of the molecule is Cc1cnc(CNC(=O)c2sc3cccc(Cl)c3c2N)o1. The van der Waals surface area contributed by atoms with Crippen LogP contribution in [-0.2, 0) is 6.54 Å². The number of nitrogens with two attached hydrogens (primary N) is 1. The summed E-state index contributed by atoms with van der Waals surface area (Å²) in [5, 5.41) is 4.01. The third-order valence-corrected chi connectivity index (χ3v) is 4.46. The van der Waals surface area contributed by atoms with Crippen molar-refractivity contribution in [3.8, 4) is 0 Å². The third kappa shape index (κ3) is 2.59. The maximum absolute atomic E-state index is 12.2. The lowest BCUT2D eigenvalue weighted by atomic mass is 10.2. The van der Waals surface area contributed by atoms with Crippen LogP contribution in [0.3, 0.4) is 0 Å². The highest BCUT2D eigenvalue weighted by Crippen LogP contribution is 2.37. The van der Waals surface area contributed by atoms with Gasteiger partial charge in [-0.15, -0.1) is 11.3 Å². The first kappa shape index (κ1) is 13.9. The minimum Gasteiger partial charge on any atom is -0.444 e. The van der Waals surface area contributed by atoms with Gasteiger partial charge in [-0.3, -0.25) is 4.79 Å². The Balaban J connectivity index is 1.84. The summed E-state index contributed by atoms with van der Waals surface area (Å²) in [6.45, 7) is 2.01. The number of benzene rings is 1. The van der Waals surface area contributed by atoms with Gasteiger partial charge < -0.3 is 15.5 Å². The highest BCUT2D eigenvalue weighted by atomic mass is 35.5. The Kier molecular flexibility index (Phi) is 3.57. The first-order valence-electron chi connectivity index (χ1n) is 6.22. The van der Waals surface area contributed by atoms with Crippen molar-refractivity contribution in [2.24, 2.45) is 0 Å². The second-order valence-electron chi connectivity index (χ2n) is 4.51. The van der Waals surface area contributed by atoms with Gasteiger partial charge in [0, 0.05) is 10.1 Å². The molecule has 108 valence electrons. The van der Waals surface area contributed by atoms with Crippen molar-refractivity contribution in [3.05, 3.63) is 45.9 Å². The minimum atomic E-state index is -0.263. The van der Waals surface area contributed by atoms with Gasteiger partial charge in [-0.25, -0.2) is 4.98 Å². The van der Waals surface area contributed by atoms with Crippen molar-refractivity contribution in [3.63, 3.8) is 0 Å². The number of fused-ring (bicyclic) bond motifs is 1. The zero-order chi connectivity index (χ0) is 15.0. The highest BCUT2D eigenvalue weighted by molar-refractivity contribution is 7.21. The quantitative estimate of drug-likeness (QED) is 0.775. The van der Waals surface area contributed by atoms with E-state index in [4.69, 9.17) is 21.8 Å². The van der Waals surface area contributed by atoms with Crippen LogP contribution in [-0.4, -0.2) is 10.9 Å². The van der Waals surface area contributed by atoms with Crippen molar-refractivity contribution in [2.45, 2.75) is 13.5 Å². The van der Waals surface area contributed by atoms with Crippen LogP contribution in [0.25, 0.3) is 10.1 Å². The monoisotopic (exact) mass is 321 g/mol. The summed E-state index contributed by atoms with van der Waals surface area (Å²) in [5.74, 6) is 0.895. The Bertz CT molecular complexity index is 825. The number of aromatic nitrogens is 1. The Labute approximate surface area is 129 Å². The number of aryl methyl sites for hydroxylation is 1. The average molecular weight is 322 g/mol. The van der Waals surface area contributed by atoms with Crippen LogP contribution in [0.5, 0.6) is 0 Å². The number of oxazole rings is 1. The number of carbonyl (C=O) groups is 1. The highest BCUT2D eigenvalue weighted by Gasteiger charge is 2.18. The molecule has 0 unspecified atom stereocenters. The molecule has 0 radical (unpaired) electrons. The van der Waals surface area contributed by atoms with Gasteiger partial charge in [0.25, 0.3) is 5.91 Å². The summed E-state index contributed by atoms with van der Waals surface area (Å²) in [7, 11) is 0. The molecule has 0 spiro atoms. The van der Waals surface area contributed by atoms with Crippen molar-refractivity contribution in [2.75, 3.05) is 5.73 Å². The lowest BCUT2D eigenvalue weighted by Gasteiger charge is -2.01. The number of anilines is 1. The molecule has 0 atom stereocenters. The summed E-state index contributed by atoms with van der Waals surface area (Å²) in [6.07, 6.45) is 1.61. The molecular formula is C14H12ClN3O2S. The van der Waals surface area contributed by atoms with Gasteiger partial charge in [0.1, 0.15) is 10.6 Å². The van der Waals surface area contributed by atoms with Crippen LogP contribution in [0.2, 0.25) is 5.02 Å². The van der Waals surface area contributed by atoms with Crippen LogP contribution in [0.4, 0.5) is 5.69 Å². The molecule has 1 aromatic carbocycles. The zero-order valence-electron chi connectivity index (χ0n) is 11.1. The number of hydrogen-bond donors (Lipinski definition) is 2. The van der Waals surface area contributed by atoms with E-state index in [2.05, 4.69) is 10.3 Å². The number of thiophene rings is 1. The van der Waals surface area contributed by atoms with Crippen molar-refractivity contribution in [1.82, 2.24) is 10.3 Å². The van der Waals surface area contributed by atoms with E-state index >= 15 is 0 Å². The molecule has 0 saturated carbocycles. The molecule has 2 aromatic heterocycles. The molecule has 5 nitrogen and oxygen atoms in total. The van der Waals surface area contributed by atoms with Crippen LogP contribution in [0, 0.1) is 6.92 Å². The Morgan fingerprint density at radius 1 is 1.52 bits per heavy atom. The summed E-state index contributed by atoms with van der Waals surface area (Å²) >= 11 is 7.44. The molecule has 0 bridgehead atoms. The van der Waals surface area contributed by atoms with Gasteiger partial charge in [0.15, 0.2) is 0 Å². The molecule has 3 N–H and O–H groups in total. The predicted octanol–water partition coefficient (Wildman–Crippen LogP) is 3.36. The van der Waals surface area contributed by atoms with E-state index in [1.807, 2.05) is 12.1 Å². The molecule has 0 saturated heterocycles. The molecule has 0 fully saturated rings. The normalized spacial score (nSPS) is 11.0. The molecule has 0 aliphatic heterocycles. The van der Waals surface area contributed by atoms with Gasteiger partial charge in [-0.2, -0.15) is 0 Å². The number of halogens is 1. The standard InChI is InChI=1S/C14H12ClN3O2S/c1-7-5-17-10(20-7)6-18-14(19)13-12(16)11-8(15)3-2-4-9(11)21-13/h2-5H,6,16H2,1H3,(H,18,19). The van der Waals surface area contributed by atoms with E-state index in [1.54, 1.807) is 19.2 Å². The molecule has 7 heteroatoms. The molecule has 3 aromatic rings. The minimum absolute atomic E-state index is 0.216. The average Bonchev–Trinajstić information content (AvgIpc) is 3.01. The Hall–Kier alpha value is -2.05. The van der Waals surface area contributed by atoms with Gasteiger partial charge in [0.05, 0.1) is 23.5 Å². The zero-order valence-corrected chi connectivity index (χ0v) is 12.7. The summed E-state index contributed by atoms with van der Waals surface area (Å²) in [5.41, 5.74) is 6.44. The van der Waals surface area contributed by atoms with E-state index in [0.717, 1.165) is 10.1 Å². The third-order valence-electron chi connectivity index (χ3n) is 2.98. The van der Waals surface area contributed by atoms with Crippen LogP contribution in [0.15, 0.2) is 28.8 Å². The van der Waals surface area contributed by atoms with Gasteiger partial charge in [-0.1, -0.05) is 17.7 Å². The molecule has 21 heavy (non-hydrogen) atoms.